The Hall–Kier alpha value is -3.46. The summed E-state index contributed by atoms with van der Waals surface area (Å²) in [5.74, 6) is 0.802. The van der Waals surface area contributed by atoms with E-state index < -0.39 is 13.7 Å². The first-order valence-electron chi connectivity index (χ1n) is 15.0. The van der Waals surface area contributed by atoms with Crippen molar-refractivity contribution in [3.8, 4) is 5.75 Å². The normalized spacial score (nSPS) is 25.5. The van der Waals surface area contributed by atoms with Crippen LogP contribution in [0.2, 0.25) is 18.6 Å². The van der Waals surface area contributed by atoms with Crippen molar-refractivity contribution in [1.29, 1.82) is 0 Å². The van der Waals surface area contributed by atoms with Gasteiger partial charge in [-0.3, -0.25) is 9.59 Å². The number of carbonyl (C=O) groups is 2. The fourth-order valence-electron chi connectivity index (χ4n) is 7.75. The molecule has 6 rings (SSSR count). The zero-order valence-corrected chi connectivity index (χ0v) is 25.9. The Morgan fingerprint density at radius 3 is 2.50 bits per heavy atom. The van der Waals surface area contributed by atoms with Crippen LogP contribution < -0.4 is 19.7 Å². The van der Waals surface area contributed by atoms with Gasteiger partial charge in [-0.1, -0.05) is 67.7 Å². The Morgan fingerprint density at radius 1 is 1.05 bits per heavy atom. The van der Waals surface area contributed by atoms with Gasteiger partial charge in [0.2, 0.25) is 5.91 Å². The van der Waals surface area contributed by atoms with Gasteiger partial charge in [0, 0.05) is 36.7 Å². The second-order valence-electron chi connectivity index (χ2n) is 12.4. The van der Waals surface area contributed by atoms with Crippen LogP contribution in [-0.2, 0) is 26.5 Å². The number of benzene rings is 3. The zero-order chi connectivity index (χ0) is 29.6. The van der Waals surface area contributed by atoms with Crippen molar-refractivity contribution in [3.05, 3.63) is 83.9 Å². The number of amides is 2. The lowest BCUT2D eigenvalue weighted by Crippen LogP contribution is -2.51. The van der Waals surface area contributed by atoms with Crippen LogP contribution in [0.3, 0.4) is 0 Å². The molecule has 0 aliphatic carbocycles. The largest absolute Gasteiger partial charge is 0.497 e. The molecule has 3 aromatic carbocycles. The van der Waals surface area contributed by atoms with Gasteiger partial charge in [-0.15, -0.1) is 0 Å². The number of rotatable bonds is 8. The van der Waals surface area contributed by atoms with Gasteiger partial charge in [-0.05, 0) is 54.3 Å². The van der Waals surface area contributed by atoms with E-state index in [2.05, 4.69) is 32.2 Å². The SMILES string of the molecule is COc1ccc([Si](C)(C)[C@@H]2[C@@H](CCO)O[C@]3(C(=O)N(Cc4cccc(N5CCCC5=O)c4)c4ccccc43)[C@H]2C)cc1. The molecular formula is C34H40N2O5Si. The highest BCUT2D eigenvalue weighted by atomic mass is 28.3. The summed E-state index contributed by atoms with van der Waals surface area (Å²) in [6.45, 7) is 7.96. The monoisotopic (exact) mass is 584 g/mol. The molecule has 2 saturated heterocycles. The summed E-state index contributed by atoms with van der Waals surface area (Å²) >= 11 is 0. The molecule has 4 atom stereocenters. The molecule has 1 spiro atoms. The highest BCUT2D eigenvalue weighted by Gasteiger charge is 2.66. The second kappa shape index (κ2) is 11.0. The molecule has 0 saturated carbocycles. The van der Waals surface area contributed by atoms with Gasteiger partial charge < -0.3 is 24.4 Å². The second-order valence-corrected chi connectivity index (χ2v) is 17.1. The molecule has 220 valence electrons. The molecule has 7 nitrogen and oxygen atoms in total. The molecular weight excluding hydrogens is 544 g/mol. The predicted octanol–water partition coefficient (Wildman–Crippen LogP) is 4.97. The Balaban J connectivity index is 1.37. The minimum absolute atomic E-state index is 0.00137. The van der Waals surface area contributed by atoms with Crippen molar-refractivity contribution in [2.45, 2.75) is 63.1 Å². The molecule has 3 heterocycles. The van der Waals surface area contributed by atoms with Gasteiger partial charge in [0.05, 0.1) is 33.5 Å². The summed E-state index contributed by atoms with van der Waals surface area (Å²) in [5.41, 5.74) is 2.59. The molecule has 1 N–H and O–H groups in total. The third kappa shape index (κ3) is 4.48. The fraction of sp³-hybridized carbons (Fsp3) is 0.412. The number of nitrogens with zero attached hydrogens (tertiary/aromatic N) is 2. The summed E-state index contributed by atoms with van der Waals surface area (Å²) in [4.78, 5) is 30.8. The lowest BCUT2D eigenvalue weighted by Gasteiger charge is -2.37. The molecule has 0 radical (unpaired) electrons. The van der Waals surface area contributed by atoms with Gasteiger partial charge in [0.15, 0.2) is 5.60 Å². The zero-order valence-electron chi connectivity index (χ0n) is 24.9. The van der Waals surface area contributed by atoms with E-state index in [1.54, 1.807) is 7.11 Å². The Morgan fingerprint density at radius 2 is 1.81 bits per heavy atom. The topological polar surface area (TPSA) is 79.3 Å². The van der Waals surface area contributed by atoms with Crippen LogP contribution in [0.25, 0.3) is 0 Å². The van der Waals surface area contributed by atoms with Gasteiger partial charge in [0.25, 0.3) is 5.91 Å². The van der Waals surface area contributed by atoms with Crippen molar-refractivity contribution >= 4 is 36.4 Å². The molecule has 42 heavy (non-hydrogen) atoms. The summed E-state index contributed by atoms with van der Waals surface area (Å²) in [6, 6.07) is 24.3. The molecule has 3 aliphatic rings. The maximum atomic E-state index is 14.7. The van der Waals surface area contributed by atoms with E-state index in [-0.39, 0.29) is 36.0 Å². The van der Waals surface area contributed by atoms with E-state index in [1.807, 2.05) is 70.5 Å². The van der Waals surface area contributed by atoms with Crippen LogP contribution in [-0.4, -0.2) is 51.4 Å². The van der Waals surface area contributed by atoms with E-state index in [0.717, 1.165) is 41.2 Å². The van der Waals surface area contributed by atoms with E-state index in [9.17, 15) is 14.7 Å². The summed E-state index contributed by atoms with van der Waals surface area (Å²) in [6.07, 6.45) is 1.66. The van der Waals surface area contributed by atoms with E-state index in [1.165, 1.54) is 5.19 Å². The summed E-state index contributed by atoms with van der Waals surface area (Å²) in [7, 11) is -0.546. The first kappa shape index (κ1) is 28.6. The van der Waals surface area contributed by atoms with Crippen molar-refractivity contribution in [1.82, 2.24) is 0 Å². The standard InChI is InChI=1S/C34H40N2O5Si/c1-23-32(42(3,4)27-16-14-26(40-2)15-17-27)30(18-20-37)41-34(23)28-11-5-6-12-29(28)36(33(34)39)22-24-9-7-10-25(21-24)35-19-8-13-31(35)38/h5-7,9-12,14-17,21,23,30,32,37H,8,13,18-20,22H2,1-4H3/t23-,30+,32-,34+/m0/s1. The lowest BCUT2D eigenvalue weighted by molar-refractivity contribution is -0.146. The summed E-state index contributed by atoms with van der Waals surface area (Å²) < 4.78 is 12.4. The predicted molar refractivity (Wildman–Crippen MR) is 167 cm³/mol. The quantitative estimate of drug-likeness (QED) is 0.379. The molecule has 8 heteroatoms. The number of aliphatic hydroxyl groups excluding tert-OH is 1. The van der Waals surface area contributed by atoms with E-state index >= 15 is 0 Å². The number of carbonyl (C=O) groups excluding carboxylic acids is 2. The smallest absolute Gasteiger partial charge is 0.264 e. The lowest BCUT2D eigenvalue weighted by atomic mass is 9.82. The maximum absolute atomic E-state index is 14.7. The van der Waals surface area contributed by atoms with Gasteiger partial charge in [-0.25, -0.2) is 0 Å². The first-order chi connectivity index (χ1) is 20.2. The third-order valence-corrected chi connectivity index (χ3v) is 14.2. The average Bonchev–Trinajstić information content (AvgIpc) is 3.63. The Labute approximate surface area is 249 Å². The maximum Gasteiger partial charge on any atom is 0.264 e. The van der Waals surface area contributed by atoms with Crippen molar-refractivity contribution in [2.24, 2.45) is 5.92 Å². The van der Waals surface area contributed by atoms with Crippen LogP contribution in [0.5, 0.6) is 5.75 Å². The molecule has 3 aliphatic heterocycles. The van der Waals surface area contributed by atoms with Crippen LogP contribution in [0, 0.1) is 5.92 Å². The number of anilines is 2. The van der Waals surface area contributed by atoms with Gasteiger partial charge >= 0.3 is 0 Å². The van der Waals surface area contributed by atoms with Crippen molar-refractivity contribution < 1.29 is 24.2 Å². The minimum Gasteiger partial charge on any atom is -0.497 e. The van der Waals surface area contributed by atoms with E-state index in [0.29, 0.717) is 19.4 Å². The summed E-state index contributed by atoms with van der Waals surface area (Å²) in [5, 5.41) is 11.4. The number of fused-ring (bicyclic) bond motifs is 2. The molecule has 3 aromatic rings. The first-order valence-corrected chi connectivity index (χ1v) is 18.0. The highest BCUT2D eigenvalue weighted by molar-refractivity contribution is 6.91. The average molecular weight is 585 g/mol. The number of para-hydroxylation sites is 1. The molecule has 2 amide bonds. The number of hydrogen-bond donors (Lipinski definition) is 1. The Bertz CT molecular complexity index is 1490. The fourth-order valence-corrected chi connectivity index (χ4v) is 11.8. The van der Waals surface area contributed by atoms with Gasteiger partial charge in [0.1, 0.15) is 5.75 Å². The van der Waals surface area contributed by atoms with Gasteiger partial charge in [-0.2, -0.15) is 0 Å². The van der Waals surface area contributed by atoms with Crippen LogP contribution in [0.15, 0.2) is 72.8 Å². The number of methoxy groups -OCH3 is 1. The number of ether oxygens (including phenoxy) is 2. The molecule has 0 unspecified atom stereocenters. The van der Waals surface area contributed by atoms with Crippen LogP contribution >= 0.6 is 0 Å². The van der Waals surface area contributed by atoms with Crippen molar-refractivity contribution in [3.63, 3.8) is 0 Å². The highest BCUT2D eigenvalue weighted by Crippen LogP contribution is 2.60. The minimum atomic E-state index is -2.22. The molecule has 2 fully saturated rings. The third-order valence-electron chi connectivity index (χ3n) is 9.79. The molecule has 0 aromatic heterocycles. The number of aliphatic hydroxyl groups is 1. The Kier molecular flexibility index (Phi) is 7.49. The molecule has 0 bridgehead atoms. The van der Waals surface area contributed by atoms with Crippen LogP contribution in [0.1, 0.15) is 37.3 Å². The van der Waals surface area contributed by atoms with Crippen molar-refractivity contribution in [2.75, 3.05) is 30.1 Å². The van der Waals surface area contributed by atoms with Crippen LogP contribution in [0.4, 0.5) is 11.4 Å². The number of hydrogen-bond acceptors (Lipinski definition) is 5. The van der Waals surface area contributed by atoms with E-state index in [4.69, 9.17) is 9.47 Å².